The van der Waals surface area contributed by atoms with E-state index in [1.165, 1.54) is 29.2 Å². The van der Waals surface area contributed by atoms with Gasteiger partial charge in [0.1, 0.15) is 5.82 Å². The maximum Gasteiger partial charge on any atom is 0.326 e. The Labute approximate surface area is 188 Å². The normalized spacial score (nSPS) is 10.3. The van der Waals surface area contributed by atoms with Crippen molar-refractivity contribution in [2.24, 2.45) is 0 Å². The molecule has 0 saturated heterocycles. The molecule has 0 heterocycles. The Morgan fingerprint density at radius 1 is 0.935 bits per heavy atom. The SMILES string of the molecule is Cc1cccc(NC(=O)N(CCNC(=O)Nc2ccc(Br)cc2)c2ccc(F)cc2)c1. The molecule has 3 N–H and O–H groups in total. The molecule has 0 aromatic heterocycles. The van der Waals surface area contributed by atoms with Crippen LogP contribution in [0.15, 0.2) is 77.3 Å². The van der Waals surface area contributed by atoms with Crippen LogP contribution in [0.5, 0.6) is 0 Å². The Kier molecular flexibility index (Phi) is 7.61. The number of amides is 4. The number of nitrogens with one attached hydrogen (secondary N) is 3. The first-order valence-electron chi connectivity index (χ1n) is 9.62. The van der Waals surface area contributed by atoms with Gasteiger partial charge in [-0.05, 0) is 73.2 Å². The first-order valence-corrected chi connectivity index (χ1v) is 10.4. The van der Waals surface area contributed by atoms with Crippen LogP contribution in [0.1, 0.15) is 5.56 Å². The number of halogens is 2. The molecular weight excluding hydrogens is 463 g/mol. The van der Waals surface area contributed by atoms with Crippen LogP contribution < -0.4 is 20.9 Å². The van der Waals surface area contributed by atoms with Gasteiger partial charge in [-0.25, -0.2) is 14.0 Å². The minimum Gasteiger partial charge on any atom is -0.336 e. The van der Waals surface area contributed by atoms with E-state index in [9.17, 15) is 14.0 Å². The molecule has 0 spiro atoms. The standard InChI is InChI=1S/C23H22BrFN4O2/c1-16-3-2-4-20(15-16)28-23(31)29(21-11-7-18(25)8-12-21)14-13-26-22(30)27-19-9-5-17(24)6-10-19/h2-12,15H,13-14H2,1H3,(H,28,31)(H2,26,27,30). The number of carbonyl (C=O) groups excluding carboxylic acids is 2. The summed E-state index contributed by atoms with van der Waals surface area (Å²) in [6.07, 6.45) is 0. The predicted octanol–water partition coefficient (Wildman–Crippen LogP) is 5.76. The summed E-state index contributed by atoms with van der Waals surface area (Å²) in [5, 5.41) is 8.29. The summed E-state index contributed by atoms with van der Waals surface area (Å²) in [5.74, 6) is -0.394. The van der Waals surface area contributed by atoms with Gasteiger partial charge in [0, 0.05) is 34.6 Å². The van der Waals surface area contributed by atoms with Gasteiger partial charge >= 0.3 is 12.1 Å². The number of urea groups is 2. The quantitative estimate of drug-likeness (QED) is 0.416. The summed E-state index contributed by atoms with van der Waals surface area (Å²) < 4.78 is 14.3. The van der Waals surface area contributed by atoms with Crippen molar-refractivity contribution in [2.75, 3.05) is 28.6 Å². The number of rotatable bonds is 6. The molecule has 0 aliphatic rings. The molecule has 0 unspecified atom stereocenters. The molecule has 160 valence electrons. The lowest BCUT2D eigenvalue weighted by Gasteiger charge is -2.23. The monoisotopic (exact) mass is 484 g/mol. The molecule has 31 heavy (non-hydrogen) atoms. The van der Waals surface area contributed by atoms with Crippen molar-refractivity contribution in [3.63, 3.8) is 0 Å². The number of nitrogens with zero attached hydrogens (tertiary/aromatic N) is 1. The van der Waals surface area contributed by atoms with Gasteiger partial charge in [0.05, 0.1) is 0 Å². The second-order valence-corrected chi connectivity index (χ2v) is 7.73. The fraction of sp³-hybridized carbons (Fsp3) is 0.130. The van der Waals surface area contributed by atoms with Crippen molar-refractivity contribution in [2.45, 2.75) is 6.92 Å². The summed E-state index contributed by atoms with van der Waals surface area (Å²) in [5.41, 5.74) is 2.82. The van der Waals surface area contributed by atoms with Gasteiger partial charge in [0.15, 0.2) is 0 Å². The van der Waals surface area contributed by atoms with E-state index in [1.54, 1.807) is 18.2 Å². The lowest BCUT2D eigenvalue weighted by molar-refractivity contribution is 0.250. The molecule has 0 saturated carbocycles. The maximum atomic E-state index is 13.3. The average Bonchev–Trinajstić information content (AvgIpc) is 2.74. The Morgan fingerprint density at radius 2 is 1.65 bits per heavy atom. The van der Waals surface area contributed by atoms with Crippen LogP contribution in [0.2, 0.25) is 0 Å². The molecule has 0 aliphatic heterocycles. The number of hydrogen-bond donors (Lipinski definition) is 3. The first kappa shape index (κ1) is 22.3. The zero-order valence-corrected chi connectivity index (χ0v) is 18.4. The van der Waals surface area contributed by atoms with Gasteiger partial charge in [-0.3, -0.25) is 4.90 Å². The third-order valence-corrected chi connectivity index (χ3v) is 4.90. The average molecular weight is 485 g/mol. The van der Waals surface area contributed by atoms with Crippen LogP contribution in [0.3, 0.4) is 0 Å². The van der Waals surface area contributed by atoms with E-state index in [4.69, 9.17) is 0 Å². The smallest absolute Gasteiger partial charge is 0.326 e. The number of benzene rings is 3. The molecule has 0 atom stereocenters. The summed E-state index contributed by atoms with van der Waals surface area (Å²) >= 11 is 3.34. The Balaban J connectivity index is 1.63. The van der Waals surface area contributed by atoms with E-state index in [0.717, 1.165) is 10.0 Å². The lowest BCUT2D eigenvalue weighted by Crippen LogP contribution is -2.42. The van der Waals surface area contributed by atoms with Crippen LogP contribution in [0.4, 0.5) is 31.0 Å². The minimum absolute atomic E-state index is 0.192. The molecule has 3 aromatic rings. The first-order chi connectivity index (χ1) is 14.9. The molecule has 0 bridgehead atoms. The highest BCUT2D eigenvalue weighted by molar-refractivity contribution is 9.10. The number of aryl methyl sites for hydroxylation is 1. The zero-order chi connectivity index (χ0) is 22.2. The second kappa shape index (κ2) is 10.6. The van der Waals surface area contributed by atoms with E-state index in [-0.39, 0.29) is 25.2 Å². The van der Waals surface area contributed by atoms with Gasteiger partial charge in [0.2, 0.25) is 0 Å². The van der Waals surface area contributed by atoms with Crippen LogP contribution >= 0.6 is 15.9 Å². The van der Waals surface area contributed by atoms with Crippen molar-refractivity contribution >= 4 is 45.1 Å². The van der Waals surface area contributed by atoms with Crippen LogP contribution in [0, 0.1) is 12.7 Å². The molecule has 0 fully saturated rings. The predicted molar refractivity (Wildman–Crippen MR) is 125 cm³/mol. The Bertz CT molecular complexity index is 1040. The van der Waals surface area contributed by atoms with Gasteiger partial charge in [-0.2, -0.15) is 0 Å². The summed E-state index contributed by atoms with van der Waals surface area (Å²) in [7, 11) is 0. The van der Waals surface area contributed by atoms with Gasteiger partial charge in [-0.1, -0.05) is 28.1 Å². The molecule has 0 radical (unpaired) electrons. The molecule has 4 amide bonds. The minimum atomic E-state index is -0.394. The second-order valence-electron chi connectivity index (χ2n) is 6.82. The molecular formula is C23H22BrFN4O2. The van der Waals surface area contributed by atoms with Crippen molar-refractivity contribution in [3.8, 4) is 0 Å². The van der Waals surface area contributed by atoms with Crippen molar-refractivity contribution in [3.05, 3.63) is 88.6 Å². The number of carbonyl (C=O) groups is 2. The fourth-order valence-corrected chi connectivity index (χ4v) is 3.14. The van der Waals surface area contributed by atoms with Crippen LogP contribution in [-0.2, 0) is 0 Å². The van der Waals surface area contributed by atoms with E-state index >= 15 is 0 Å². The van der Waals surface area contributed by atoms with Crippen molar-refractivity contribution in [1.82, 2.24) is 5.32 Å². The van der Waals surface area contributed by atoms with Gasteiger partial charge in [0.25, 0.3) is 0 Å². The number of hydrogen-bond acceptors (Lipinski definition) is 2. The molecule has 3 rings (SSSR count). The Hall–Kier alpha value is -3.39. The molecule has 8 heteroatoms. The topological polar surface area (TPSA) is 73.5 Å². The summed E-state index contributed by atoms with van der Waals surface area (Å²) in [6.45, 7) is 2.32. The Morgan fingerprint density at radius 3 is 2.32 bits per heavy atom. The third-order valence-electron chi connectivity index (χ3n) is 4.38. The van der Waals surface area contributed by atoms with E-state index in [2.05, 4.69) is 31.9 Å². The van der Waals surface area contributed by atoms with E-state index < -0.39 is 5.82 Å². The van der Waals surface area contributed by atoms with E-state index in [0.29, 0.717) is 17.1 Å². The fourth-order valence-electron chi connectivity index (χ4n) is 2.87. The van der Waals surface area contributed by atoms with Gasteiger partial charge < -0.3 is 16.0 Å². The third kappa shape index (κ3) is 6.82. The highest BCUT2D eigenvalue weighted by atomic mass is 79.9. The summed E-state index contributed by atoms with van der Waals surface area (Å²) in [4.78, 5) is 26.5. The van der Waals surface area contributed by atoms with Crippen LogP contribution in [-0.4, -0.2) is 25.2 Å². The molecule has 0 aliphatic carbocycles. The van der Waals surface area contributed by atoms with Crippen LogP contribution in [0.25, 0.3) is 0 Å². The largest absolute Gasteiger partial charge is 0.336 e. The summed E-state index contributed by atoms with van der Waals surface area (Å²) in [6, 6.07) is 19.4. The molecule has 6 nitrogen and oxygen atoms in total. The highest BCUT2D eigenvalue weighted by Crippen LogP contribution is 2.18. The van der Waals surface area contributed by atoms with Gasteiger partial charge in [-0.15, -0.1) is 0 Å². The highest BCUT2D eigenvalue weighted by Gasteiger charge is 2.16. The zero-order valence-electron chi connectivity index (χ0n) is 16.9. The molecule has 3 aromatic carbocycles. The van der Waals surface area contributed by atoms with E-state index in [1.807, 2.05) is 37.3 Å². The maximum absolute atomic E-state index is 13.3. The number of anilines is 3. The lowest BCUT2D eigenvalue weighted by atomic mass is 10.2. The van der Waals surface area contributed by atoms with Crippen molar-refractivity contribution in [1.29, 1.82) is 0 Å². The van der Waals surface area contributed by atoms with Crippen molar-refractivity contribution < 1.29 is 14.0 Å².